The standard InChI is InChI=1S/C33H51FN4O5.C31H39N3O3S.C27H30N4O3/c1-4-24(2)32(39)36-31(25-9-6-5-7-10-25)33(40)38-14-8-11-27(38)22-35-29-23-37(30-21-26(34)12-13-28(29)30)15-16-42-19-20-43-18-17-41-3;1-4-20(2)29(35)33-28(21-11-6-5-7-12-21)31(36)34-18-10-15-26(34)30-32-25(19-38-30)23-16-17-27(37-3)24-14-9-8-13-22(23)24;1-3-18(2)26(33)30-23-16-28-25(20-11-5-4-6-12-20)31(27(23)34)17-24(32)29-22-15-9-13-19-10-7-8-14-21(19)22/h12-13,21,23-25,27,31,35H,4-11,14-20,22H2,1-3H3,(H,36,39);8-9,13-14,16-17,19-21,26,28H,4-7,10-12,15,18H2,1-3H3,(H,33,35);4-8,10-12,14,16,18,22H,3,9,13,15,17H2,1-2H3,(H,29,32)(H,30,33)/t24-,27?,31+;20-,26+,28+;18-,22?/m111/s1. The summed E-state index contributed by atoms with van der Waals surface area (Å²) in [5, 5.41) is 21.9. The minimum absolute atomic E-state index is 0.00455. The second-order valence-electron chi connectivity index (χ2n) is 31.6. The predicted molar refractivity (Wildman–Crippen MR) is 452 cm³/mol. The van der Waals surface area contributed by atoms with E-state index in [1.807, 2.05) is 122 Å². The number of fused-ring (bicyclic) bond motifs is 3. The number of methoxy groups -OCH3 is 2. The fourth-order valence-electron chi connectivity index (χ4n) is 16.6. The summed E-state index contributed by atoms with van der Waals surface area (Å²) in [6.45, 7) is 16.5. The van der Waals surface area contributed by atoms with Crippen LogP contribution in [0.2, 0.25) is 0 Å². The minimum atomic E-state index is -0.460. The van der Waals surface area contributed by atoms with Crippen molar-refractivity contribution in [3.63, 3.8) is 0 Å². The minimum Gasteiger partial charge on any atom is -0.496 e. The van der Waals surface area contributed by atoms with E-state index in [4.69, 9.17) is 23.9 Å². The van der Waals surface area contributed by atoms with Gasteiger partial charge in [-0.05, 0) is 149 Å². The van der Waals surface area contributed by atoms with Crippen LogP contribution in [-0.4, -0.2) is 149 Å². The molecule has 22 nitrogen and oxygen atoms in total. The lowest BCUT2D eigenvalue weighted by molar-refractivity contribution is -0.140. The van der Waals surface area contributed by atoms with E-state index in [1.54, 1.807) is 44.6 Å². The summed E-state index contributed by atoms with van der Waals surface area (Å²) in [5.74, 6) is 0.479. The highest BCUT2D eigenvalue weighted by Gasteiger charge is 2.42. The molecule has 5 N–H and O–H groups in total. The van der Waals surface area contributed by atoms with E-state index in [0.717, 1.165) is 170 Å². The molecule has 618 valence electrons. The molecule has 5 heterocycles. The lowest BCUT2D eigenvalue weighted by atomic mass is 9.83. The SMILES string of the molecule is CC[C@@H](C)C(=O)N[C@H](C(=O)N1CCCC1CNc1cn(CCOCCOCCOC)c2cc(F)ccc12)C1CCCCC1.CC[C@@H](C)C(=O)N[C@H](C(=O)N1CCC[C@H]1c1nc(-c2ccc(OC)c3ccccc23)cs1)C1CCCCC1.CC[C@@H](C)C(=O)Nc1cnc(-c2ccccc2)n(CC(=O)NC2CCCc3ccccc32)c1=O. The fourth-order valence-corrected chi connectivity index (χ4v) is 17.6. The molecule has 0 bridgehead atoms. The Morgan fingerprint density at radius 2 is 1.23 bits per heavy atom. The number of benzene rings is 5. The highest BCUT2D eigenvalue weighted by molar-refractivity contribution is 7.10. The van der Waals surface area contributed by atoms with E-state index in [2.05, 4.69) is 61.2 Å². The summed E-state index contributed by atoms with van der Waals surface area (Å²) in [6.07, 6.45) is 22.9. The van der Waals surface area contributed by atoms with Crippen molar-refractivity contribution in [1.29, 1.82) is 0 Å². The number of aromatic nitrogens is 4. The number of aryl methyl sites for hydroxylation is 1. The molecule has 4 fully saturated rings. The number of hydrogen-bond acceptors (Lipinski definition) is 15. The third kappa shape index (κ3) is 22.4. The lowest BCUT2D eigenvalue weighted by Crippen LogP contribution is -2.55. The first-order valence-corrected chi connectivity index (χ1v) is 43.0. The largest absolute Gasteiger partial charge is 0.496 e. The zero-order chi connectivity index (χ0) is 81.3. The second kappa shape index (κ2) is 43.0. The van der Waals surface area contributed by atoms with Gasteiger partial charge in [0.2, 0.25) is 35.4 Å². The number of amides is 6. The maximum Gasteiger partial charge on any atom is 0.278 e. The average Bonchev–Trinajstić information content (AvgIpc) is 1.68. The summed E-state index contributed by atoms with van der Waals surface area (Å²) < 4.78 is 39.3. The molecule has 2 saturated carbocycles. The lowest BCUT2D eigenvalue weighted by Gasteiger charge is -2.35. The first-order valence-electron chi connectivity index (χ1n) is 42.1. The normalized spacial score (nSPS) is 18.4. The van der Waals surface area contributed by atoms with E-state index in [1.165, 1.54) is 35.2 Å². The summed E-state index contributed by atoms with van der Waals surface area (Å²) in [5.41, 5.74) is 6.42. The van der Waals surface area contributed by atoms with Crippen LogP contribution in [-0.2, 0) is 62.5 Å². The Balaban J connectivity index is 0.000000171. The molecule has 115 heavy (non-hydrogen) atoms. The van der Waals surface area contributed by atoms with Crippen molar-refractivity contribution in [3.05, 3.63) is 159 Å². The van der Waals surface area contributed by atoms with Gasteiger partial charge in [-0.15, -0.1) is 11.3 Å². The van der Waals surface area contributed by atoms with Crippen LogP contribution in [0.25, 0.3) is 44.3 Å². The van der Waals surface area contributed by atoms with Crippen molar-refractivity contribution >= 4 is 79.8 Å². The first kappa shape index (κ1) is 86.5. The predicted octanol–water partition coefficient (Wildman–Crippen LogP) is 15.8. The van der Waals surface area contributed by atoms with Gasteiger partial charge in [0, 0.05) is 90.6 Å². The Hall–Kier alpha value is -9.36. The van der Waals surface area contributed by atoms with Crippen LogP contribution in [0.3, 0.4) is 0 Å². The van der Waals surface area contributed by atoms with Gasteiger partial charge in [0.15, 0.2) is 0 Å². The van der Waals surface area contributed by atoms with Gasteiger partial charge >= 0.3 is 0 Å². The molecule has 0 spiro atoms. The fraction of sp³-hybridized carbons (Fsp3) is 0.527. The van der Waals surface area contributed by atoms with Crippen molar-refractivity contribution < 1.29 is 52.1 Å². The van der Waals surface area contributed by atoms with Gasteiger partial charge in [-0.25, -0.2) is 14.4 Å². The maximum atomic E-state index is 14.2. The number of thiazole rings is 1. The molecule has 5 aliphatic rings. The molecule has 2 aliphatic heterocycles. The summed E-state index contributed by atoms with van der Waals surface area (Å²) in [4.78, 5) is 106. The molecule has 13 rings (SSSR count). The van der Waals surface area contributed by atoms with Gasteiger partial charge in [0.05, 0.1) is 75.3 Å². The molecule has 8 aromatic rings. The number of carbonyl (C=O) groups is 6. The maximum absolute atomic E-state index is 14.2. The van der Waals surface area contributed by atoms with E-state index in [-0.39, 0.29) is 101 Å². The number of hydrogen-bond donors (Lipinski definition) is 5. The van der Waals surface area contributed by atoms with Gasteiger partial charge in [-0.3, -0.25) is 38.1 Å². The summed E-state index contributed by atoms with van der Waals surface area (Å²) >= 11 is 1.63. The smallest absolute Gasteiger partial charge is 0.278 e. The molecular formula is C91H120FN11O11S. The highest BCUT2D eigenvalue weighted by Crippen LogP contribution is 2.41. The Bertz CT molecular complexity index is 4600. The van der Waals surface area contributed by atoms with Crippen LogP contribution >= 0.6 is 11.3 Å². The number of likely N-dealkylation sites (tertiary alicyclic amines) is 2. The highest BCUT2D eigenvalue weighted by atomic mass is 32.1. The van der Waals surface area contributed by atoms with Crippen molar-refractivity contribution in [1.82, 2.24) is 44.9 Å². The van der Waals surface area contributed by atoms with Crippen LogP contribution in [0.5, 0.6) is 5.75 Å². The number of nitrogens with one attached hydrogen (secondary N) is 5. The van der Waals surface area contributed by atoms with Gasteiger partial charge in [0.25, 0.3) is 5.56 Å². The van der Waals surface area contributed by atoms with E-state index in [0.29, 0.717) is 71.5 Å². The zero-order valence-corrected chi connectivity index (χ0v) is 69.4. The van der Waals surface area contributed by atoms with Crippen molar-refractivity contribution in [2.75, 3.05) is 77.5 Å². The number of ether oxygens (including phenoxy) is 4. The molecule has 2 saturated heterocycles. The van der Waals surface area contributed by atoms with Crippen LogP contribution in [0.4, 0.5) is 15.8 Å². The molecule has 3 aliphatic carbocycles. The van der Waals surface area contributed by atoms with Gasteiger partial charge < -0.3 is 59.9 Å². The molecule has 3 aromatic heterocycles. The average molecular weight is 1600 g/mol. The Morgan fingerprint density at radius 3 is 1.91 bits per heavy atom. The summed E-state index contributed by atoms with van der Waals surface area (Å²) in [7, 11) is 3.33. The Labute approximate surface area is 681 Å². The molecule has 24 heteroatoms. The molecule has 2 unspecified atom stereocenters. The van der Waals surface area contributed by atoms with Crippen LogP contribution in [0.15, 0.2) is 132 Å². The molecular weight excluding hydrogens is 1470 g/mol. The molecule has 8 atom stereocenters. The number of carbonyl (C=O) groups excluding carboxylic acids is 6. The van der Waals surface area contributed by atoms with Crippen molar-refractivity contribution in [2.45, 2.75) is 213 Å². The van der Waals surface area contributed by atoms with Crippen LogP contribution in [0.1, 0.15) is 192 Å². The van der Waals surface area contributed by atoms with E-state index < -0.39 is 17.6 Å². The first-order chi connectivity index (χ1) is 55.9. The monoisotopic (exact) mass is 1590 g/mol. The number of halogens is 1. The third-order valence-corrected chi connectivity index (χ3v) is 24.9. The van der Waals surface area contributed by atoms with Gasteiger partial charge in [-0.2, -0.15) is 0 Å². The molecule has 6 amide bonds. The zero-order valence-electron chi connectivity index (χ0n) is 68.6. The van der Waals surface area contributed by atoms with Gasteiger partial charge in [0.1, 0.15) is 46.7 Å². The van der Waals surface area contributed by atoms with Crippen LogP contribution < -0.4 is 36.9 Å². The number of nitrogens with zero attached hydrogens (tertiary/aromatic N) is 6. The third-order valence-electron chi connectivity index (χ3n) is 23.9. The number of anilines is 2. The quantitative estimate of drug-likeness (QED) is 0.0246. The van der Waals surface area contributed by atoms with E-state index >= 15 is 0 Å². The Kier molecular flexibility index (Phi) is 32.4. The van der Waals surface area contributed by atoms with Crippen molar-refractivity contribution in [2.24, 2.45) is 29.6 Å². The second-order valence-corrected chi connectivity index (χ2v) is 32.5. The molecule has 5 aromatic carbocycles. The van der Waals surface area contributed by atoms with Crippen LogP contribution in [0, 0.1) is 35.4 Å². The van der Waals surface area contributed by atoms with E-state index in [9.17, 15) is 38.0 Å². The van der Waals surface area contributed by atoms with Gasteiger partial charge in [-0.1, -0.05) is 159 Å². The molecule has 0 radical (unpaired) electrons. The summed E-state index contributed by atoms with van der Waals surface area (Å²) in [6, 6.07) is 33.5. The van der Waals surface area contributed by atoms with Crippen molar-refractivity contribution in [3.8, 4) is 28.4 Å². The number of rotatable bonds is 32. The Morgan fingerprint density at radius 1 is 0.617 bits per heavy atom. The topological polar surface area (TPSA) is 259 Å².